The van der Waals surface area contributed by atoms with Crippen LogP contribution in [0, 0.1) is 0 Å². The van der Waals surface area contributed by atoms with E-state index in [9.17, 15) is 9.90 Å². The summed E-state index contributed by atoms with van der Waals surface area (Å²) in [6.07, 6.45) is -0.692. The van der Waals surface area contributed by atoms with E-state index in [1.165, 1.54) is 0 Å². The Balaban J connectivity index is 1.79. The van der Waals surface area contributed by atoms with Crippen LogP contribution >= 0.6 is 23.2 Å². The second kappa shape index (κ2) is 7.96. The van der Waals surface area contributed by atoms with Crippen LogP contribution in [0.25, 0.3) is 0 Å². The van der Waals surface area contributed by atoms with Gasteiger partial charge in [-0.05, 0) is 23.8 Å². The topological polar surface area (TPSA) is 70.6 Å². The lowest BCUT2D eigenvalue weighted by molar-refractivity contribution is -0.124. The van der Waals surface area contributed by atoms with Crippen LogP contribution in [0.1, 0.15) is 18.1 Å². The molecule has 0 aromatic heterocycles. The van der Waals surface area contributed by atoms with Crippen molar-refractivity contribution in [3.63, 3.8) is 0 Å². The number of halogens is 2. The van der Waals surface area contributed by atoms with Gasteiger partial charge in [0.1, 0.15) is 0 Å². The molecular weight excluding hydrogens is 315 g/mol. The zero-order chi connectivity index (χ0) is 15.2. The Morgan fingerprint density at radius 2 is 2.14 bits per heavy atom. The Kier molecular flexibility index (Phi) is 6.26. The van der Waals surface area contributed by atoms with Gasteiger partial charge in [-0.2, -0.15) is 0 Å². The lowest BCUT2D eigenvalue weighted by atomic mass is 10.1. The summed E-state index contributed by atoms with van der Waals surface area (Å²) in [5.41, 5.74) is 0.573. The van der Waals surface area contributed by atoms with Crippen LogP contribution in [-0.2, 0) is 9.53 Å². The van der Waals surface area contributed by atoms with Crippen molar-refractivity contribution < 1.29 is 14.6 Å². The zero-order valence-corrected chi connectivity index (χ0v) is 13.0. The maximum atomic E-state index is 11.8. The predicted molar refractivity (Wildman–Crippen MR) is 81.7 cm³/mol. The highest BCUT2D eigenvalue weighted by Gasteiger charge is 2.18. The van der Waals surface area contributed by atoms with Gasteiger partial charge in [0.05, 0.1) is 25.2 Å². The van der Waals surface area contributed by atoms with Gasteiger partial charge in [-0.25, -0.2) is 0 Å². The molecular formula is C14H18Cl2N2O3. The van der Waals surface area contributed by atoms with Crippen LogP contribution in [0.5, 0.6) is 0 Å². The first-order valence-electron chi connectivity index (χ1n) is 6.77. The molecule has 5 nitrogen and oxygen atoms in total. The molecule has 0 bridgehead atoms. The van der Waals surface area contributed by atoms with E-state index in [-0.39, 0.29) is 25.0 Å². The summed E-state index contributed by atoms with van der Waals surface area (Å²) in [5.74, 6) is -0.157. The molecule has 2 atom stereocenters. The second-order valence-electron chi connectivity index (χ2n) is 4.92. The molecule has 7 heteroatoms. The Hall–Kier alpha value is -0.850. The van der Waals surface area contributed by atoms with E-state index in [2.05, 4.69) is 10.6 Å². The van der Waals surface area contributed by atoms with Crippen LogP contribution in [0.15, 0.2) is 18.2 Å². The van der Waals surface area contributed by atoms with Gasteiger partial charge in [0.15, 0.2) is 0 Å². The molecule has 1 amide bonds. The number of amides is 1. The minimum Gasteiger partial charge on any atom is -0.387 e. The number of morpholine rings is 1. The Morgan fingerprint density at radius 1 is 1.43 bits per heavy atom. The number of carbonyl (C=O) groups is 1. The number of benzene rings is 1. The zero-order valence-electron chi connectivity index (χ0n) is 11.4. The highest BCUT2D eigenvalue weighted by Crippen LogP contribution is 2.23. The molecule has 1 aliphatic heterocycles. The van der Waals surface area contributed by atoms with Crippen LogP contribution < -0.4 is 10.6 Å². The van der Waals surface area contributed by atoms with Gasteiger partial charge in [-0.3, -0.25) is 4.79 Å². The summed E-state index contributed by atoms with van der Waals surface area (Å²) in [6.45, 7) is 2.20. The Morgan fingerprint density at radius 3 is 2.76 bits per heavy atom. The lowest BCUT2D eigenvalue weighted by Gasteiger charge is -2.23. The van der Waals surface area contributed by atoms with Crippen LogP contribution in [0.4, 0.5) is 0 Å². The average Bonchev–Trinajstić information content (AvgIpc) is 2.45. The molecule has 2 unspecified atom stereocenters. The van der Waals surface area contributed by atoms with Crippen LogP contribution in [-0.4, -0.2) is 43.4 Å². The van der Waals surface area contributed by atoms with E-state index in [1.54, 1.807) is 18.2 Å². The Labute approximate surface area is 133 Å². The highest BCUT2D eigenvalue weighted by molar-refractivity contribution is 6.34. The SMILES string of the molecule is O=C(CC1CNCCO1)NCC(O)c1cc(Cl)cc(Cl)c1. The number of carbonyl (C=O) groups excluding carboxylic acids is 1. The van der Waals surface area contributed by atoms with Gasteiger partial charge in [-0.15, -0.1) is 0 Å². The first-order valence-corrected chi connectivity index (χ1v) is 7.53. The summed E-state index contributed by atoms with van der Waals surface area (Å²) in [5, 5.41) is 16.8. The third-order valence-electron chi connectivity index (χ3n) is 3.18. The average molecular weight is 333 g/mol. The van der Waals surface area contributed by atoms with Gasteiger partial charge in [0.25, 0.3) is 0 Å². The number of aliphatic hydroxyl groups is 1. The van der Waals surface area contributed by atoms with Crippen molar-refractivity contribution in [3.05, 3.63) is 33.8 Å². The monoisotopic (exact) mass is 332 g/mol. The van der Waals surface area contributed by atoms with Crippen molar-refractivity contribution in [1.82, 2.24) is 10.6 Å². The molecule has 0 saturated carbocycles. The first kappa shape index (κ1) is 16.5. The maximum Gasteiger partial charge on any atom is 0.222 e. The van der Waals surface area contributed by atoms with E-state index >= 15 is 0 Å². The van der Waals surface area contributed by atoms with Crippen molar-refractivity contribution in [2.75, 3.05) is 26.2 Å². The summed E-state index contributed by atoms with van der Waals surface area (Å²) in [4.78, 5) is 11.8. The van der Waals surface area contributed by atoms with E-state index in [0.29, 0.717) is 28.8 Å². The van der Waals surface area contributed by atoms with Gasteiger partial charge in [-0.1, -0.05) is 23.2 Å². The molecule has 116 valence electrons. The quantitative estimate of drug-likeness (QED) is 0.764. The fourth-order valence-corrected chi connectivity index (χ4v) is 2.67. The third-order valence-corrected chi connectivity index (χ3v) is 3.62. The van der Waals surface area contributed by atoms with Crippen LogP contribution in [0.2, 0.25) is 10.0 Å². The number of hydrogen-bond acceptors (Lipinski definition) is 4. The summed E-state index contributed by atoms with van der Waals surface area (Å²) < 4.78 is 5.45. The molecule has 1 aromatic rings. The van der Waals surface area contributed by atoms with E-state index in [1.807, 2.05) is 0 Å². The van der Waals surface area contributed by atoms with Crippen LogP contribution in [0.3, 0.4) is 0 Å². The molecule has 1 heterocycles. The molecule has 0 spiro atoms. The van der Waals surface area contributed by atoms with Crippen molar-refractivity contribution >= 4 is 29.1 Å². The number of nitrogens with one attached hydrogen (secondary N) is 2. The van der Waals surface area contributed by atoms with Crippen molar-refractivity contribution in [2.24, 2.45) is 0 Å². The standard InChI is InChI=1S/C14H18Cl2N2O3/c15-10-3-9(4-11(16)5-10)13(19)8-18-14(20)6-12-7-17-1-2-21-12/h3-5,12-13,17,19H,1-2,6-8H2,(H,18,20). The normalized spacial score (nSPS) is 20.0. The van der Waals surface area contributed by atoms with Crippen molar-refractivity contribution in [1.29, 1.82) is 0 Å². The molecule has 0 radical (unpaired) electrons. The fraction of sp³-hybridized carbons (Fsp3) is 0.500. The van der Waals surface area contributed by atoms with Gasteiger partial charge < -0.3 is 20.5 Å². The molecule has 1 fully saturated rings. The number of ether oxygens (including phenoxy) is 1. The minimum atomic E-state index is -0.851. The second-order valence-corrected chi connectivity index (χ2v) is 5.80. The smallest absolute Gasteiger partial charge is 0.222 e. The molecule has 1 aromatic carbocycles. The van der Waals surface area contributed by atoms with E-state index in [4.69, 9.17) is 27.9 Å². The fourth-order valence-electron chi connectivity index (χ4n) is 2.13. The minimum absolute atomic E-state index is 0.107. The molecule has 1 saturated heterocycles. The van der Waals surface area contributed by atoms with E-state index < -0.39 is 6.10 Å². The summed E-state index contributed by atoms with van der Waals surface area (Å²) >= 11 is 11.8. The summed E-state index contributed by atoms with van der Waals surface area (Å²) in [6, 6.07) is 4.84. The molecule has 3 N–H and O–H groups in total. The molecule has 1 aliphatic rings. The molecule has 0 aliphatic carbocycles. The van der Waals surface area contributed by atoms with E-state index in [0.717, 1.165) is 6.54 Å². The molecule has 2 rings (SSSR count). The predicted octanol–water partition coefficient (Wildman–Crippen LogP) is 1.52. The lowest BCUT2D eigenvalue weighted by Crippen LogP contribution is -2.41. The number of hydrogen-bond donors (Lipinski definition) is 3. The van der Waals surface area contributed by atoms with Gasteiger partial charge in [0.2, 0.25) is 5.91 Å². The third kappa shape index (κ3) is 5.45. The number of rotatable bonds is 5. The van der Waals surface area contributed by atoms with Gasteiger partial charge >= 0.3 is 0 Å². The highest BCUT2D eigenvalue weighted by atomic mass is 35.5. The van der Waals surface area contributed by atoms with Gasteiger partial charge in [0, 0.05) is 29.7 Å². The molecule has 21 heavy (non-hydrogen) atoms. The summed E-state index contributed by atoms with van der Waals surface area (Å²) in [7, 11) is 0. The van der Waals surface area contributed by atoms with Crippen molar-refractivity contribution in [2.45, 2.75) is 18.6 Å². The first-order chi connectivity index (χ1) is 10.0. The maximum absolute atomic E-state index is 11.8. The largest absolute Gasteiger partial charge is 0.387 e. The number of aliphatic hydroxyl groups excluding tert-OH is 1. The van der Waals surface area contributed by atoms with Crippen molar-refractivity contribution in [3.8, 4) is 0 Å². The Bertz CT molecular complexity index is 473.